The average Bonchev–Trinajstić information content (AvgIpc) is 2.55. The van der Waals surface area contributed by atoms with Gasteiger partial charge in [0.2, 0.25) is 0 Å². The van der Waals surface area contributed by atoms with Gasteiger partial charge in [0.1, 0.15) is 0 Å². The Kier molecular flexibility index (Phi) is 4.73. The molecule has 0 aromatic heterocycles. The van der Waals surface area contributed by atoms with E-state index in [0.717, 1.165) is 24.2 Å². The minimum atomic E-state index is 0.146. The van der Waals surface area contributed by atoms with Crippen molar-refractivity contribution in [1.82, 2.24) is 4.90 Å². The highest BCUT2D eigenvalue weighted by atomic mass is 79.9. The van der Waals surface area contributed by atoms with Crippen molar-refractivity contribution >= 4 is 22.0 Å². The summed E-state index contributed by atoms with van der Waals surface area (Å²) in [7, 11) is 0. The highest BCUT2D eigenvalue weighted by molar-refractivity contribution is 9.10. The van der Waals surface area contributed by atoms with Crippen LogP contribution in [0.3, 0.4) is 0 Å². The van der Waals surface area contributed by atoms with E-state index in [4.69, 9.17) is 4.74 Å². The van der Waals surface area contributed by atoms with Crippen molar-refractivity contribution in [3.8, 4) is 0 Å². The summed E-state index contributed by atoms with van der Waals surface area (Å²) in [6.07, 6.45) is 4.47. The fourth-order valence-corrected chi connectivity index (χ4v) is 2.70. The molecule has 1 fully saturated rings. The summed E-state index contributed by atoms with van der Waals surface area (Å²) >= 11 is 3.47. The molecule has 1 saturated heterocycles. The van der Waals surface area contributed by atoms with Crippen molar-refractivity contribution in [2.24, 2.45) is 0 Å². The van der Waals surface area contributed by atoms with Gasteiger partial charge in [-0.25, -0.2) is 0 Å². The Balaban J connectivity index is 1.66. The van der Waals surface area contributed by atoms with Crippen LogP contribution in [0, 0.1) is 0 Å². The van der Waals surface area contributed by atoms with Crippen LogP contribution in [-0.4, -0.2) is 24.6 Å². The first-order valence-electron chi connectivity index (χ1n) is 7.15. The Bertz CT molecular complexity index is 594. The molecule has 0 bridgehead atoms. The lowest BCUT2D eigenvalue weighted by Gasteiger charge is -2.32. The zero-order chi connectivity index (χ0) is 14.5. The molecule has 1 atom stereocenters. The molecule has 2 aromatic rings. The molecule has 0 radical (unpaired) electrons. The lowest BCUT2D eigenvalue weighted by molar-refractivity contribution is -0.0135. The van der Waals surface area contributed by atoms with Crippen LogP contribution in [0.5, 0.6) is 0 Å². The molecular weight excluding hydrogens is 326 g/mol. The standard InChI is InChI=1S/C18H18BrNO/c19-17-8-6-16(7-9-17)18-14-20(12-13-21-18)11-10-15-4-2-1-3-5-15/h1-11,18H,12-14H2/t18-/m0/s1. The van der Waals surface area contributed by atoms with Crippen molar-refractivity contribution in [2.75, 3.05) is 19.7 Å². The predicted octanol–water partition coefficient (Wildman–Crippen LogP) is 4.49. The van der Waals surface area contributed by atoms with E-state index in [1.807, 2.05) is 6.07 Å². The Morgan fingerprint density at radius 2 is 1.81 bits per heavy atom. The van der Waals surface area contributed by atoms with E-state index in [1.54, 1.807) is 0 Å². The average molecular weight is 344 g/mol. The van der Waals surface area contributed by atoms with Gasteiger partial charge in [-0.2, -0.15) is 0 Å². The van der Waals surface area contributed by atoms with Crippen LogP contribution in [-0.2, 0) is 4.74 Å². The van der Waals surface area contributed by atoms with Crippen molar-refractivity contribution in [3.05, 3.63) is 76.4 Å². The molecular formula is C18H18BrNO. The molecule has 1 heterocycles. The van der Waals surface area contributed by atoms with Crippen molar-refractivity contribution in [3.63, 3.8) is 0 Å². The summed E-state index contributed by atoms with van der Waals surface area (Å²) in [6, 6.07) is 18.8. The quantitative estimate of drug-likeness (QED) is 0.813. The van der Waals surface area contributed by atoms with Crippen LogP contribution in [0.2, 0.25) is 0 Å². The molecule has 0 saturated carbocycles. The Morgan fingerprint density at radius 3 is 2.57 bits per heavy atom. The van der Waals surface area contributed by atoms with Gasteiger partial charge in [0.15, 0.2) is 0 Å². The number of rotatable bonds is 3. The molecule has 0 aliphatic carbocycles. The molecule has 0 spiro atoms. The molecule has 1 aliphatic heterocycles. The Hall–Kier alpha value is -1.58. The van der Waals surface area contributed by atoms with Crippen LogP contribution in [0.1, 0.15) is 17.2 Å². The van der Waals surface area contributed by atoms with Crippen LogP contribution in [0.15, 0.2) is 65.3 Å². The van der Waals surface area contributed by atoms with Gasteiger partial charge in [-0.15, -0.1) is 0 Å². The van der Waals surface area contributed by atoms with Gasteiger partial charge in [0.05, 0.1) is 12.7 Å². The number of hydrogen-bond donors (Lipinski definition) is 0. The van der Waals surface area contributed by atoms with Crippen molar-refractivity contribution < 1.29 is 4.74 Å². The zero-order valence-corrected chi connectivity index (χ0v) is 13.4. The second kappa shape index (κ2) is 6.92. The van der Waals surface area contributed by atoms with Crippen LogP contribution >= 0.6 is 15.9 Å². The monoisotopic (exact) mass is 343 g/mol. The largest absolute Gasteiger partial charge is 0.372 e. The molecule has 2 aromatic carbocycles. The topological polar surface area (TPSA) is 12.5 Å². The molecule has 3 heteroatoms. The third-order valence-corrected chi connectivity index (χ3v) is 4.15. The minimum absolute atomic E-state index is 0.146. The maximum Gasteiger partial charge on any atom is 0.1000 e. The fourth-order valence-electron chi connectivity index (χ4n) is 2.44. The Morgan fingerprint density at radius 1 is 1.05 bits per heavy atom. The van der Waals surface area contributed by atoms with Gasteiger partial charge in [-0.3, -0.25) is 0 Å². The summed E-state index contributed by atoms with van der Waals surface area (Å²) in [5.74, 6) is 0. The normalized spacial score (nSPS) is 19.1. The van der Waals surface area contributed by atoms with E-state index in [0.29, 0.717) is 0 Å². The van der Waals surface area contributed by atoms with Crippen molar-refractivity contribution in [2.45, 2.75) is 6.10 Å². The van der Waals surface area contributed by atoms with Gasteiger partial charge in [0, 0.05) is 17.6 Å². The second-order valence-corrected chi connectivity index (χ2v) is 6.05. The SMILES string of the molecule is Brc1ccc([C@@H]2CN(C=Cc3ccccc3)CCO2)cc1. The number of benzene rings is 2. The van der Waals surface area contributed by atoms with Crippen LogP contribution in [0.25, 0.3) is 6.08 Å². The van der Waals surface area contributed by atoms with Gasteiger partial charge in [-0.1, -0.05) is 58.4 Å². The number of ether oxygens (including phenoxy) is 1. The summed E-state index contributed by atoms with van der Waals surface area (Å²) in [4.78, 5) is 2.32. The first kappa shape index (κ1) is 14.4. The van der Waals surface area contributed by atoms with Crippen molar-refractivity contribution in [1.29, 1.82) is 0 Å². The summed E-state index contributed by atoms with van der Waals surface area (Å²) in [5.41, 5.74) is 2.46. The number of halogens is 1. The van der Waals surface area contributed by atoms with Crippen LogP contribution in [0.4, 0.5) is 0 Å². The van der Waals surface area contributed by atoms with Gasteiger partial charge in [-0.05, 0) is 35.5 Å². The highest BCUT2D eigenvalue weighted by Crippen LogP contribution is 2.24. The summed E-state index contributed by atoms with van der Waals surface area (Å²) in [5, 5.41) is 0. The highest BCUT2D eigenvalue weighted by Gasteiger charge is 2.19. The molecule has 21 heavy (non-hydrogen) atoms. The number of nitrogens with zero attached hydrogens (tertiary/aromatic N) is 1. The number of morpholine rings is 1. The molecule has 2 nitrogen and oxygen atoms in total. The van der Waals surface area contributed by atoms with Crippen LogP contribution < -0.4 is 0 Å². The third-order valence-electron chi connectivity index (χ3n) is 3.62. The van der Waals surface area contributed by atoms with E-state index in [-0.39, 0.29) is 6.10 Å². The smallest absolute Gasteiger partial charge is 0.1000 e. The summed E-state index contributed by atoms with van der Waals surface area (Å²) < 4.78 is 7.00. The van der Waals surface area contributed by atoms with E-state index in [1.165, 1.54) is 11.1 Å². The van der Waals surface area contributed by atoms with Gasteiger partial charge >= 0.3 is 0 Å². The molecule has 0 unspecified atom stereocenters. The molecule has 0 N–H and O–H groups in total. The van der Waals surface area contributed by atoms with E-state index in [9.17, 15) is 0 Å². The first-order valence-corrected chi connectivity index (χ1v) is 7.95. The lowest BCUT2D eigenvalue weighted by atomic mass is 10.1. The maximum absolute atomic E-state index is 5.90. The molecule has 0 amide bonds. The Labute approximate surface area is 134 Å². The maximum atomic E-state index is 5.90. The zero-order valence-electron chi connectivity index (χ0n) is 11.8. The first-order chi connectivity index (χ1) is 10.3. The summed E-state index contributed by atoms with van der Waals surface area (Å²) in [6.45, 7) is 2.60. The van der Waals surface area contributed by atoms with E-state index in [2.05, 4.69) is 81.6 Å². The van der Waals surface area contributed by atoms with E-state index >= 15 is 0 Å². The third kappa shape index (κ3) is 3.96. The fraction of sp³-hybridized carbons (Fsp3) is 0.222. The number of hydrogen-bond acceptors (Lipinski definition) is 2. The molecule has 1 aliphatic rings. The lowest BCUT2D eigenvalue weighted by Crippen LogP contribution is -2.34. The van der Waals surface area contributed by atoms with E-state index < -0.39 is 0 Å². The minimum Gasteiger partial charge on any atom is -0.372 e. The van der Waals surface area contributed by atoms with Gasteiger partial charge < -0.3 is 9.64 Å². The molecule has 108 valence electrons. The van der Waals surface area contributed by atoms with Gasteiger partial charge in [0.25, 0.3) is 0 Å². The molecule has 3 rings (SSSR count). The second-order valence-electron chi connectivity index (χ2n) is 5.13. The predicted molar refractivity (Wildman–Crippen MR) is 89.9 cm³/mol.